The molecule has 0 aromatic carbocycles. The van der Waals surface area contributed by atoms with Gasteiger partial charge in [-0.25, -0.2) is 4.79 Å². The first-order valence-corrected chi connectivity index (χ1v) is 8.79. The SMILES string of the molecule is CCn1nc(COC)c(C)c1C1CCN(C(=O)OC(C)(C)C)CC1. The summed E-state index contributed by atoms with van der Waals surface area (Å²) in [5, 5.41) is 4.68. The number of aromatic nitrogens is 2. The predicted molar refractivity (Wildman–Crippen MR) is 93.1 cm³/mol. The van der Waals surface area contributed by atoms with E-state index in [1.807, 2.05) is 25.7 Å². The highest BCUT2D eigenvalue weighted by Crippen LogP contribution is 2.32. The number of piperidine rings is 1. The van der Waals surface area contributed by atoms with Crippen LogP contribution in [0.4, 0.5) is 4.79 Å². The molecule has 0 spiro atoms. The molecule has 0 bridgehead atoms. The van der Waals surface area contributed by atoms with Crippen molar-refractivity contribution in [3.8, 4) is 0 Å². The third kappa shape index (κ3) is 4.29. The molecule has 0 aliphatic carbocycles. The van der Waals surface area contributed by atoms with Gasteiger partial charge in [0.1, 0.15) is 5.60 Å². The first kappa shape index (κ1) is 18.8. The standard InChI is InChI=1S/C18H31N3O3/c1-7-21-16(13(2)15(19-21)12-23-6)14-8-10-20(11-9-14)17(22)24-18(3,4)5/h14H,7-12H2,1-6H3. The second-order valence-electron chi connectivity index (χ2n) is 7.45. The van der Waals surface area contributed by atoms with Gasteiger partial charge in [-0.15, -0.1) is 0 Å². The molecule has 1 aliphatic rings. The number of rotatable bonds is 4. The Labute approximate surface area is 145 Å². The highest BCUT2D eigenvalue weighted by atomic mass is 16.6. The van der Waals surface area contributed by atoms with Crippen LogP contribution in [0.25, 0.3) is 0 Å². The molecule has 1 aromatic rings. The monoisotopic (exact) mass is 337 g/mol. The summed E-state index contributed by atoms with van der Waals surface area (Å²) in [6.07, 6.45) is 1.68. The van der Waals surface area contributed by atoms with Crippen LogP contribution in [0, 0.1) is 6.92 Å². The number of carbonyl (C=O) groups excluding carboxylic acids is 1. The molecule has 24 heavy (non-hydrogen) atoms. The number of likely N-dealkylation sites (tertiary alicyclic amines) is 1. The Bertz CT molecular complexity index is 567. The molecule has 1 fully saturated rings. The maximum absolute atomic E-state index is 12.2. The zero-order valence-corrected chi connectivity index (χ0v) is 15.9. The Morgan fingerprint density at radius 3 is 2.42 bits per heavy atom. The van der Waals surface area contributed by atoms with Crippen LogP contribution < -0.4 is 0 Å². The molecular weight excluding hydrogens is 306 g/mol. The topological polar surface area (TPSA) is 56.6 Å². The van der Waals surface area contributed by atoms with E-state index in [1.54, 1.807) is 7.11 Å². The van der Waals surface area contributed by atoms with Crippen molar-refractivity contribution < 1.29 is 14.3 Å². The second kappa shape index (κ2) is 7.55. The number of hydrogen-bond donors (Lipinski definition) is 0. The minimum atomic E-state index is -0.444. The number of methoxy groups -OCH3 is 1. The third-order valence-electron chi connectivity index (χ3n) is 4.45. The molecule has 1 aliphatic heterocycles. The number of nitrogens with zero attached hydrogens (tertiary/aromatic N) is 3. The van der Waals surface area contributed by atoms with Gasteiger partial charge in [-0.1, -0.05) is 0 Å². The Balaban J connectivity index is 2.06. The highest BCUT2D eigenvalue weighted by Gasteiger charge is 2.30. The van der Waals surface area contributed by atoms with Gasteiger partial charge in [0.25, 0.3) is 0 Å². The zero-order chi connectivity index (χ0) is 17.9. The summed E-state index contributed by atoms with van der Waals surface area (Å²) in [7, 11) is 1.70. The van der Waals surface area contributed by atoms with Crippen molar-refractivity contribution in [3.63, 3.8) is 0 Å². The molecule has 1 aromatic heterocycles. The summed E-state index contributed by atoms with van der Waals surface area (Å²) in [5.41, 5.74) is 3.10. The smallest absolute Gasteiger partial charge is 0.410 e. The number of ether oxygens (including phenoxy) is 2. The van der Waals surface area contributed by atoms with E-state index in [4.69, 9.17) is 9.47 Å². The maximum atomic E-state index is 12.2. The fourth-order valence-corrected chi connectivity index (χ4v) is 3.31. The van der Waals surface area contributed by atoms with Crippen molar-refractivity contribution in [2.45, 2.75) is 72.1 Å². The molecule has 0 unspecified atom stereocenters. The Hall–Kier alpha value is -1.56. The van der Waals surface area contributed by atoms with Crippen LogP contribution >= 0.6 is 0 Å². The molecule has 0 radical (unpaired) electrons. The quantitative estimate of drug-likeness (QED) is 0.844. The summed E-state index contributed by atoms with van der Waals surface area (Å²) < 4.78 is 12.8. The fourth-order valence-electron chi connectivity index (χ4n) is 3.31. The van der Waals surface area contributed by atoms with E-state index >= 15 is 0 Å². The molecule has 0 N–H and O–H groups in total. The van der Waals surface area contributed by atoms with Crippen molar-refractivity contribution in [1.29, 1.82) is 0 Å². The molecule has 1 saturated heterocycles. The molecule has 6 heteroatoms. The van der Waals surface area contributed by atoms with E-state index < -0.39 is 5.60 Å². The second-order valence-corrected chi connectivity index (χ2v) is 7.45. The zero-order valence-electron chi connectivity index (χ0n) is 15.9. The largest absolute Gasteiger partial charge is 0.444 e. The highest BCUT2D eigenvalue weighted by molar-refractivity contribution is 5.68. The fraction of sp³-hybridized carbons (Fsp3) is 0.778. The lowest BCUT2D eigenvalue weighted by molar-refractivity contribution is 0.0203. The van der Waals surface area contributed by atoms with Crippen LogP contribution in [-0.4, -0.2) is 46.6 Å². The summed E-state index contributed by atoms with van der Waals surface area (Å²) in [5.74, 6) is 0.432. The van der Waals surface area contributed by atoms with E-state index in [0.717, 1.165) is 38.2 Å². The van der Waals surface area contributed by atoms with Crippen LogP contribution in [0.15, 0.2) is 0 Å². The summed E-state index contributed by atoms with van der Waals surface area (Å²) in [6, 6.07) is 0. The molecule has 136 valence electrons. The van der Waals surface area contributed by atoms with Crippen molar-refractivity contribution in [2.24, 2.45) is 0 Å². The average Bonchev–Trinajstić information content (AvgIpc) is 2.82. The maximum Gasteiger partial charge on any atom is 0.410 e. The lowest BCUT2D eigenvalue weighted by Gasteiger charge is -2.33. The molecule has 0 saturated carbocycles. The van der Waals surface area contributed by atoms with Gasteiger partial charge in [-0.2, -0.15) is 5.10 Å². The van der Waals surface area contributed by atoms with Gasteiger partial charge in [0.15, 0.2) is 0 Å². The number of aryl methyl sites for hydroxylation is 1. The molecule has 2 rings (SSSR count). The third-order valence-corrected chi connectivity index (χ3v) is 4.45. The first-order valence-electron chi connectivity index (χ1n) is 8.79. The van der Waals surface area contributed by atoms with Gasteiger partial charge in [-0.05, 0) is 53.0 Å². The van der Waals surface area contributed by atoms with Gasteiger partial charge in [0.2, 0.25) is 0 Å². The van der Waals surface area contributed by atoms with Gasteiger partial charge in [0, 0.05) is 38.4 Å². The van der Waals surface area contributed by atoms with E-state index in [9.17, 15) is 4.79 Å². The van der Waals surface area contributed by atoms with E-state index in [0.29, 0.717) is 12.5 Å². The van der Waals surface area contributed by atoms with Crippen molar-refractivity contribution in [2.75, 3.05) is 20.2 Å². The number of carbonyl (C=O) groups is 1. The lowest BCUT2D eigenvalue weighted by Crippen LogP contribution is -2.41. The minimum absolute atomic E-state index is 0.207. The van der Waals surface area contributed by atoms with Crippen molar-refractivity contribution in [1.82, 2.24) is 14.7 Å². The summed E-state index contributed by atoms with van der Waals surface area (Å²) in [6.45, 7) is 12.8. The average molecular weight is 337 g/mol. The predicted octanol–water partition coefficient (Wildman–Crippen LogP) is 3.47. The molecule has 2 heterocycles. The van der Waals surface area contributed by atoms with Gasteiger partial charge >= 0.3 is 6.09 Å². The molecule has 1 amide bonds. The van der Waals surface area contributed by atoms with Gasteiger partial charge in [-0.3, -0.25) is 4.68 Å². The van der Waals surface area contributed by atoms with Crippen molar-refractivity contribution >= 4 is 6.09 Å². The van der Waals surface area contributed by atoms with E-state index in [1.165, 1.54) is 11.3 Å². The van der Waals surface area contributed by atoms with Crippen LogP contribution in [0.1, 0.15) is 63.4 Å². The Kier molecular flexibility index (Phi) is 5.91. The van der Waals surface area contributed by atoms with E-state index in [2.05, 4.69) is 23.6 Å². The van der Waals surface area contributed by atoms with E-state index in [-0.39, 0.29) is 6.09 Å². The van der Waals surface area contributed by atoms with Crippen molar-refractivity contribution in [3.05, 3.63) is 17.0 Å². The molecule has 0 atom stereocenters. The Morgan fingerprint density at radius 2 is 1.92 bits per heavy atom. The normalized spacial score (nSPS) is 16.5. The van der Waals surface area contributed by atoms with Crippen LogP contribution in [-0.2, 0) is 22.6 Å². The Morgan fingerprint density at radius 1 is 1.29 bits per heavy atom. The summed E-state index contributed by atoms with van der Waals surface area (Å²) >= 11 is 0. The van der Waals surface area contributed by atoms with Crippen LogP contribution in [0.5, 0.6) is 0 Å². The lowest BCUT2D eigenvalue weighted by atomic mass is 9.91. The van der Waals surface area contributed by atoms with Gasteiger partial charge in [0.05, 0.1) is 12.3 Å². The number of amides is 1. The van der Waals surface area contributed by atoms with Crippen LogP contribution in [0.3, 0.4) is 0 Å². The minimum Gasteiger partial charge on any atom is -0.444 e. The van der Waals surface area contributed by atoms with Gasteiger partial charge < -0.3 is 14.4 Å². The molecular formula is C18H31N3O3. The molecule has 6 nitrogen and oxygen atoms in total. The van der Waals surface area contributed by atoms with Crippen LogP contribution in [0.2, 0.25) is 0 Å². The summed E-state index contributed by atoms with van der Waals surface area (Å²) in [4.78, 5) is 14.0. The number of hydrogen-bond acceptors (Lipinski definition) is 4. The first-order chi connectivity index (χ1) is 11.3.